The van der Waals surface area contributed by atoms with Crippen LogP contribution < -0.4 is 0 Å². The predicted octanol–water partition coefficient (Wildman–Crippen LogP) is 2.06. The van der Waals surface area contributed by atoms with Gasteiger partial charge in [-0.05, 0) is 18.6 Å². The van der Waals surface area contributed by atoms with E-state index in [0.717, 1.165) is 10.3 Å². The molecule has 1 aromatic rings. The molecule has 1 N–H and O–H groups in total. The summed E-state index contributed by atoms with van der Waals surface area (Å²) in [5.74, 6) is 0. The first-order chi connectivity index (χ1) is 4.29. The quantitative estimate of drug-likeness (QED) is 0.530. The lowest BCUT2D eigenvalue weighted by molar-refractivity contribution is 0.187. The molecule has 2 heteroatoms. The maximum absolute atomic E-state index is 8.57. The highest BCUT2D eigenvalue weighted by atomic mass is 16.5. The van der Waals surface area contributed by atoms with E-state index in [4.69, 9.17) is 5.21 Å². The molecular weight excluding hydrogens is 114 g/mol. The fourth-order valence-electron chi connectivity index (χ4n) is 0.489. The summed E-state index contributed by atoms with van der Waals surface area (Å²) in [6, 6.07) is 1.83. The first kappa shape index (κ1) is 8.08. The van der Waals surface area contributed by atoms with Gasteiger partial charge >= 0.3 is 0 Å². The first-order valence-electron chi connectivity index (χ1n) is 3.13. The third kappa shape index (κ3) is 2.80. The Kier molecular flexibility index (Phi) is 3.60. The van der Waals surface area contributed by atoms with E-state index in [-0.39, 0.29) is 0 Å². The minimum atomic E-state index is 1.04. The molecule has 0 aliphatic carbocycles. The molecule has 0 aliphatic rings. The van der Waals surface area contributed by atoms with Crippen LogP contribution in [0.25, 0.3) is 0 Å². The highest BCUT2D eigenvalue weighted by Gasteiger charge is 1.82. The van der Waals surface area contributed by atoms with Crippen molar-refractivity contribution >= 4 is 0 Å². The summed E-state index contributed by atoms with van der Waals surface area (Å²) in [6.07, 6.45) is 3.23. The highest BCUT2D eigenvalue weighted by Crippen LogP contribution is 1.93. The van der Waals surface area contributed by atoms with Crippen LogP contribution in [0, 0.1) is 6.92 Å². The third-order valence-corrected chi connectivity index (χ3v) is 0.826. The number of aryl methyl sites for hydroxylation is 1. The van der Waals surface area contributed by atoms with Gasteiger partial charge in [-0.1, -0.05) is 13.8 Å². The minimum absolute atomic E-state index is 1.04. The number of hydrogen-bond donors (Lipinski definition) is 1. The summed E-state index contributed by atoms with van der Waals surface area (Å²) in [5, 5.41) is 8.57. The molecule has 0 radical (unpaired) electrons. The zero-order chi connectivity index (χ0) is 7.28. The Labute approximate surface area is 55.7 Å². The van der Waals surface area contributed by atoms with Crippen LogP contribution in [0.15, 0.2) is 18.5 Å². The smallest absolute Gasteiger partial charge is 0.0461 e. The van der Waals surface area contributed by atoms with Crippen LogP contribution in [0.1, 0.15) is 19.4 Å². The summed E-state index contributed by atoms with van der Waals surface area (Å²) < 4.78 is 1.04. The Morgan fingerprint density at radius 1 is 1.44 bits per heavy atom. The summed E-state index contributed by atoms with van der Waals surface area (Å²) in [6.45, 7) is 5.92. The van der Waals surface area contributed by atoms with Crippen LogP contribution in [-0.4, -0.2) is 9.94 Å². The standard InChI is InChI=1S/C5H7NO.C2H6/c1-5-2-3-6(7)4-5;1-2/h2-4,7H,1H3;1-2H3. The molecule has 0 fully saturated rings. The molecule has 0 spiro atoms. The number of nitrogens with zero attached hydrogens (tertiary/aromatic N) is 1. The highest BCUT2D eigenvalue weighted by molar-refractivity contribution is 5.05. The summed E-state index contributed by atoms with van der Waals surface area (Å²) in [4.78, 5) is 0. The topological polar surface area (TPSA) is 25.2 Å². The molecule has 0 bridgehead atoms. The molecule has 2 nitrogen and oxygen atoms in total. The van der Waals surface area contributed by atoms with Crippen LogP contribution in [0.4, 0.5) is 0 Å². The van der Waals surface area contributed by atoms with Gasteiger partial charge in [0, 0.05) is 12.4 Å². The Morgan fingerprint density at radius 2 is 2.00 bits per heavy atom. The van der Waals surface area contributed by atoms with E-state index in [1.165, 1.54) is 0 Å². The van der Waals surface area contributed by atoms with Gasteiger partial charge in [0.1, 0.15) is 0 Å². The van der Waals surface area contributed by atoms with Crippen molar-refractivity contribution < 1.29 is 5.21 Å². The van der Waals surface area contributed by atoms with Gasteiger partial charge in [0.05, 0.1) is 0 Å². The summed E-state index contributed by atoms with van der Waals surface area (Å²) in [7, 11) is 0. The van der Waals surface area contributed by atoms with E-state index in [1.54, 1.807) is 12.4 Å². The fraction of sp³-hybridized carbons (Fsp3) is 0.429. The van der Waals surface area contributed by atoms with Gasteiger partial charge in [-0.15, -0.1) is 0 Å². The molecule has 0 saturated carbocycles. The van der Waals surface area contributed by atoms with Crippen molar-refractivity contribution in [3.8, 4) is 0 Å². The van der Waals surface area contributed by atoms with Crippen molar-refractivity contribution in [1.82, 2.24) is 4.73 Å². The lowest BCUT2D eigenvalue weighted by Crippen LogP contribution is -1.79. The molecule has 1 heterocycles. The van der Waals surface area contributed by atoms with E-state index in [2.05, 4.69) is 0 Å². The second kappa shape index (κ2) is 4.01. The van der Waals surface area contributed by atoms with E-state index in [0.29, 0.717) is 0 Å². The molecule has 0 aliphatic heterocycles. The molecule has 52 valence electrons. The van der Waals surface area contributed by atoms with Gasteiger partial charge in [0.15, 0.2) is 0 Å². The molecule has 0 amide bonds. The molecule has 0 aromatic carbocycles. The molecule has 9 heavy (non-hydrogen) atoms. The normalized spacial score (nSPS) is 7.89. The SMILES string of the molecule is CC.Cc1ccn(O)c1. The fourth-order valence-corrected chi connectivity index (χ4v) is 0.489. The molecular formula is C7H13NO. The van der Waals surface area contributed by atoms with Crippen LogP contribution in [0.5, 0.6) is 0 Å². The second-order valence-electron chi connectivity index (χ2n) is 1.57. The van der Waals surface area contributed by atoms with Crippen LogP contribution in [-0.2, 0) is 0 Å². The number of aromatic nitrogens is 1. The predicted molar refractivity (Wildman–Crippen MR) is 37.7 cm³/mol. The molecule has 0 saturated heterocycles. The van der Waals surface area contributed by atoms with Gasteiger partial charge in [-0.3, -0.25) is 0 Å². The van der Waals surface area contributed by atoms with Crippen LogP contribution in [0.2, 0.25) is 0 Å². The van der Waals surface area contributed by atoms with E-state index < -0.39 is 0 Å². The maximum atomic E-state index is 8.57. The largest absolute Gasteiger partial charge is 0.429 e. The van der Waals surface area contributed by atoms with Gasteiger partial charge < -0.3 is 5.21 Å². The summed E-state index contributed by atoms with van der Waals surface area (Å²) in [5.41, 5.74) is 1.07. The zero-order valence-corrected chi connectivity index (χ0v) is 6.13. The number of hydrogen-bond acceptors (Lipinski definition) is 1. The van der Waals surface area contributed by atoms with Crippen molar-refractivity contribution in [1.29, 1.82) is 0 Å². The molecule has 0 unspecified atom stereocenters. The Balaban J connectivity index is 0.000000291. The first-order valence-corrected chi connectivity index (χ1v) is 3.13. The lowest BCUT2D eigenvalue weighted by Gasteiger charge is -1.80. The average molecular weight is 127 g/mol. The van der Waals surface area contributed by atoms with E-state index in [9.17, 15) is 0 Å². The van der Waals surface area contributed by atoms with Gasteiger partial charge in [0.2, 0.25) is 0 Å². The molecule has 1 rings (SSSR count). The Hall–Kier alpha value is -0.920. The van der Waals surface area contributed by atoms with Gasteiger partial charge in [-0.2, -0.15) is 0 Å². The average Bonchev–Trinajstić information content (AvgIpc) is 2.20. The van der Waals surface area contributed by atoms with Crippen LogP contribution >= 0.6 is 0 Å². The van der Waals surface area contributed by atoms with Crippen molar-refractivity contribution in [3.63, 3.8) is 0 Å². The van der Waals surface area contributed by atoms with Gasteiger partial charge in [-0.25, -0.2) is 4.73 Å². The van der Waals surface area contributed by atoms with Crippen molar-refractivity contribution in [2.45, 2.75) is 20.8 Å². The van der Waals surface area contributed by atoms with E-state index in [1.807, 2.05) is 26.8 Å². The molecule has 1 aromatic heterocycles. The Morgan fingerprint density at radius 3 is 2.11 bits per heavy atom. The van der Waals surface area contributed by atoms with Gasteiger partial charge in [0.25, 0.3) is 0 Å². The van der Waals surface area contributed by atoms with Crippen molar-refractivity contribution in [2.75, 3.05) is 0 Å². The minimum Gasteiger partial charge on any atom is -0.429 e. The third-order valence-electron chi connectivity index (χ3n) is 0.826. The lowest BCUT2D eigenvalue weighted by atomic mass is 10.4. The summed E-state index contributed by atoms with van der Waals surface area (Å²) >= 11 is 0. The van der Waals surface area contributed by atoms with E-state index >= 15 is 0 Å². The second-order valence-corrected chi connectivity index (χ2v) is 1.57. The monoisotopic (exact) mass is 127 g/mol. The maximum Gasteiger partial charge on any atom is 0.0461 e. The zero-order valence-electron chi connectivity index (χ0n) is 6.13. The Bertz CT molecular complexity index is 141. The molecule has 0 atom stereocenters. The number of rotatable bonds is 0. The van der Waals surface area contributed by atoms with Crippen molar-refractivity contribution in [3.05, 3.63) is 24.0 Å². The van der Waals surface area contributed by atoms with Crippen molar-refractivity contribution in [2.24, 2.45) is 0 Å². The van der Waals surface area contributed by atoms with Crippen LogP contribution in [0.3, 0.4) is 0 Å².